The molecule has 5 rings (SSSR count). The van der Waals surface area contributed by atoms with Gasteiger partial charge in [-0.15, -0.1) is 0 Å². The minimum atomic E-state index is -0.927. The first-order valence-corrected chi connectivity index (χ1v) is 10.4. The molecule has 2 aliphatic heterocycles. The molecule has 0 aromatic heterocycles. The number of hydrogen-bond acceptors (Lipinski definition) is 4. The predicted molar refractivity (Wildman–Crippen MR) is 120 cm³/mol. The number of ether oxygens (including phenoxy) is 1. The number of rotatable bonds is 2. The Morgan fingerprint density at radius 3 is 2.17 bits per heavy atom. The molecule has 0 unspecified atom stereocenters. The molecule has 4 nitrogen and oxygen atoms in total. The predicted octanol–water partition coefficient (Wildman–Crippen LogP) is 4.71. The number of hydrogen-bond donors (Lipinski definition) is 0. The van der Waals surface area contributed by atoms with Crippen molar-refractivity contribution < 1.29 is 9.53 Å². The number of benzene rings is 3. The largest absolute Gasteiger partial charge is 0.467 e. The van der Waals surface area contributed by atoms with Crippen LogP contribution < -0.4 is 9.80 Å². The van der Waals surface area contributed by atoms with E-state index >= 15 is 0 Å². The fourth-order valence-electron chi connectivity index (χ4n) is 5.07. The summed E-state index contributed by atoms with van der Waals surface area (Å²) in [4.78, 5) is 18.2. The number of fused-ring (bicyclic) bond motifs is 7. The Morgan fingerprint density at radius 2 is 1.50 bits per heavy atom. The summed E-state index contributed by atoms with van der Waals surface area (Å²) < 4.78 is 5.47. The quantitative estimate of drug-likeness (QED) is 0.585. The second-order valence-corrected chi connectivity index (χ2v) is 8.42. The van der Waals surface area contributed by atoms with E-state index in [1.807, 2.05) is 30.3 Å². The van der Waals surface area contributed by atoms with Gasteiger partial charge in [0.1, 0.15) is 0 Å². The van der Waals surface area contributed by atoms with E-state index < -0.39 is 5.54 Å². The van der Waals surface area contributed by atoms with Gasteiger partial charge in [-0.25, -0.2) is 4.79 Å². The fraction of sp³-hybridized carbons (Fsp3) is 0.269. The summed E-state index contributed by atoms with van der Waals surface area (Å²) in [5.41, 5.74) is 7.26. The van der Waals surface area contributed by atoms with Crippen LogP contribution in [0.25, 0.3) is 0 Å². The summed E-state index contributed by atoms with van der Waals surface area (Å²) in [5, 5.41) is 0. The zero-order valence-electron chi connectivity index (χ0n) is 17.7. The lowest BCUT2D eigenvalue weighted by Gasteiger charge is -2.42. The van der Waals surface area contributed by atoms with Gasteiger partial charge in [0.25, 0.3) is 0 Å². The first kappa shape index (κ1) is 18.7. The zero-order chi connectivity index (χ0) is 20.9. The van der Waals surface area contributed by atoms with Gasteiger partial charge >= 0.3 is 5.97 Å². The molecule has 0 N–H and O–H groups in total. The average molecular weight is 399 g/mol. The van der Waals surface area contributed by atoms with Gasteiger partial charge in [-0.2, -0.15) is 0 Å². The lowest BCUT2D eigenvalue weighted by atomic mass is 9.87. The molecule has 2 heterocycles. The van der Waals surface area contributed by atoms with Gasteiger partial charge < -0.3 is 14.5 Å². The molecule has 0 fully saturated rings. The van der Waals surface area contributed by atoms with Crippen LogP contribution in [0.15, 0.2) is 66.7 Å². The van der Waals surface area contributed by atoms with Crippen LogP contribution in [0.4, 0.5) is 11.4 Å². The summed E-state index contributed by atoms with van der Waals surface area (Å²) in [6.07, 6.45) is 0. The van der Waals surface area contributed by atoms with Gasteiger partial charge in [0.05, 0.1) is 13.7 Å². The van der Waals surface area contributed by atoms with Crippen molar-refractivity contribution in [3.05, 3.63) is 94.5 Å². The van der Waals surface area contributed by atoms with Gasteiger partial charge in [-0.3, -0.25) is 0 Å². The number of anilines is 2. The Balaban J connectivity index is 1.83. The lowest BCUT2D eigenvalue weighted by Crippen LogP contribution is -2.56. The highest BCUT2D eigenvalue weighted by Gasteiger charge is 2.52. The topological polar surface area (TPSA) is 32.8 Å². The molecule has 4 heteroatoms. The number of carbonyl (C=O) groups is 1. The zero-order valence-corrected chi connectivity index (χ0v) is 17.7. The monoisotopic (exact) mass is 398 g/mol. The van der Waals surface area contributed by atoms with Gasteiger partial charge in [0, 0.05) is 24.5 Å². The van der Waals surface area contributed by atoms with Gasteiger partial charge in [0.15, 0.2) is 5.54 Å². The van der Waals surface area contributed by atoms with Crippen molar-refractivity contribution in [2.45, 2.75) is 32.5 Å². The van der Waals surface area contributed by atoms with Crippen LogP contribution in [0.5, 0.6) is 0 Å². The fourth-order valence-corrected chi connectivity index (χ4v) is 5.07. The molecule has 3 aromatic carbocycles. The molecular formula is C26H26N2O2. The van der Waals surface area contributed by atoms with Crippen molar-refractivity contribution in [2.75, 3.05) is 23.5 Å². The maximum Gasteiger partial charge on any atom is 0.338 e. The van der Waals surface area contributed by atoms with Crippen molar-refractivity contribution in [1.82, 2.24) is 0 Å². The molecule has 2 bridgehead atoms. The minimum absolute atomic E-state index is 0.225. The number of methoxy groups -OCH3 is 1. The maximum atomic E-state index is 13.6. The second kappa shape index (κ2) is 6.91. The molecule has 0 saturated carbocycles. The van der Waals surface area contributed by atoms with Crippen molar-refractivity contribution >= 4 is 17.3 Å². The van der Waals surface area contributed by atoms with Crippen LogP contribution in [-0.2, 0) is 28.2 Å². The molecule has 0 saturated heterocycles. The first-order chi connectivity index (χ1) is 14.5. The Kier molecular flexibility index (Phi) is 4.31. The summed E-state index contributed by atoms with van der Waals surface area (Å²) in [6.45, 7) is 6.18. The maximum absolute atomic E-state index is 13.6. The van der Waals surface area contributed by atoms with Crippen LogP contribution in [-0.4, -0.2) is 19.6 Å². The molecule has 0 amide bonds. The van der Waals surface area contributed by atoms with Crippen LogP contribution in [0.3, 0.4) is 0 Å². The van der Waals surface area contributed by atoms with E-state index in [1.165, 1.54) is 35.1 Å². The molecule has 1 atom stereocenters. The van der Waals surface area contributed by atoms with Crippen LogP contribution in [0.1, 0.15) is 27.8 Å². The van der Waals surface area contributed by atoms with E-state index in [9.17, 15) is 4.79 Å². The highest BCUT2D eigenvalue weighted by Crippen LogP contribution is 2.46. The summed E-state index contributed by atoms with van der Waals surface area (Å²) in [5.74, 6) is -0.225. The number of carbonyl (C=O) groups excluding carboxylic acids is 1. The van der Waals surface area contributed by atoms with Crippen molar-refractivity contribution in [3.8, 4) is 0 Å². The van der Waals surface area contributed by atoms with Crippen LogP contribution in [0.2, 0.25) is 0 Å². The molecule has 0 spiro atoms. The Morgan fingerprint density at radius 1 is 0.867 bits per heavy atom. The van der Waals surface area contributed by atoms with Gasteiger partial charge in [-0.05, 0) is 42.7 Å². The van der Waals surface area contributed by atoms with E-state index in [4.69, 9.17) is 4.74 Å². The number of nitrogens with zero attached hydrogens (tertiary/aromatic N) is 2. The smallest absolute Gasteiger partial charge is 0.338 e. The Hall–Kier alpha value is -3.27. The Labute approximate surface area is 177 Å². The highest BCUT2D eigenvalue weighted by atomic mass is 16.5. The van der Waals surface area contributed by atoms with Crippen molar-refractivity contribution in [2.24, 2.45) is 0 Å². The number of aryl methyl sites for hydroxylation is 2. The third kappa shape index (κ3) is 2.71. The first-order valence-electron chi connectivity index (χ1n) is 10.4. The SMILES string of the molecule is COC(=O)[C@]1(c2ccccc2)CN2Cc3cc(C)ccc3N1Cc1cc(C)ccc12. The van der Waals surface area contributed by atoms with E-state index in [0.29, 0.717) is 13.1 Å². The van der Waals surface area contributed by atoms with Crippen molar-refractivity contribution in [3.63, 3.8) is 0 Å². The summed E-state index contributed by atoms with van der Waals surface area (Å²) in [7, 11) is 1.49. The van der Waals surface area contributed by atoms with Crippen molar-refractivity contribution in [1.29, 1.82) is 0 Å². The lowest BCUT2D eigenvalue weighted by molar-refractivity contribution is -0.147. The molecule has 3 aromatic rings. The van der Waals surface area contributed by atoms with E-state index in [2.05, 4.69) is 60.0 Å². The number of esters is 1. The summed E-state index contributed by atoms with van der Waals surface area (Å²) >= 11 is 0. The van der Waals surface area contributed by atoms with E-state index in [-0.39, 0.29) is 5.97 Å². The normalized spacial score (nSPS) is 19.6. The van der Waals surface area contributed by atoms with Crippen LogP contribution in [0, 0.1) is 13.8 Å². The molecule has 0 aliphatic carbocycles. The Bertz CT molecular complexity index is 1130. The van der Waals surface area contributed by atoms with Gasteiger partial charge in [-0.1, -0.05) is 65.7 Å². The average Bonchev–Trinajstić information content (AvgIpc) is 2.97. The molecule has 30 heavy (non-hydrogen) atoms. The van der Waals surface area contributed by atoms with Gasteiger partial charge in [0.2, 0.25) is 0 Å². The molecule has 2 aliphatic rings. The highest BCUT2D eigenvalue weighted by molar-refractivity contribution is 5.90. The molecular weight excluding hydrogens is 372 g/mol. The molecule has 0 radical (unpaired) electrons. The van der Waals surface area contributed by atoms with E-state index in [0.717, 1.165) is 17.8 Å². The minimum Gasteiger partial charge on any atom is -0.467 e. The standard InChI is InChI=1S/C26H26N2O2/c1-18-9-11-23-21(14-18)16-28-24-12-10-19(2)13-20(24)15-27(23)17-26(28,25(29)30-3)22-7-5-4-6-8-22/h4-14H,15-17H2,1-3H3/t26-/m1/s1. The second-order valence-electron chi connectivity index (χ2n) is 8.42. The summed E-state index contributed by atoms with van der Waals surface area (Å²) in [6, 6.07) is 23.2. The molecule has 152 valence electrons. The third-order valence-corrected chi connectivity index (χ3v) is 6.45. The third-order valence-electron chi connectivity index (χ3n) is 6.45. The van der Waals surface area contributed by atoms with Crippen LogP contribution >= 0.6 is 0 Å². The van der Waals surface area contributed by atoms with E-state index in [1.54, 1.807) is 0 Å².